The van der Waals surface area contributed by atoms with Gasteiger partial charge in [-0.05, 0) is 60.9 Å². The van der Waals surface area contributed by atoms with Crippen LogP contribution >= 0.6 is 0 Å². The highest BCUT2D eigenvalue weighted by atomic mass is 16.5. The van der Waals surface area contributed by atoms with E-state index in [9.17, 15) is 14.4 Å². The van der Waals surface area contributed by atoms with E-state index in [1.807, 2.05) is 0 Å². The number of pyridine rings is 1. The van der Waals surface area contributed by atoms with Crippen molar-refractivity contribution in [3.05, 3.63) is 83.7 Å². The zero-order valence-corrected chi connectivity index (χ0v) is 19.8. The molecule has 0 saturated carbocycles. The number of ether oxygens (including phenoxy) is 2. The van der Waals surface area contributed by atoms with E-state index in [2.05, 4.69) is 35.0 Å². The highest BCUT2D eigenvalue weighted by molar-refractivity contribution is 6.05. The molecule has 0 aliphatic heterocycles. The first-order valence-corrected chi connectivity index (χ1v) is 11.1. The van der Waals surface area contributed by atoms with Crippen molar-refractivity contribution >= 4 is 23.4 Å². The molecule has 1 heterocycles. The predicted molar refractivity (Wildman–Crippen MR) is 132 cm³/mol. The average molecular weight is 477 g/mol. The van der Waals surface area contributed by atoms with E-state index in [1.165, 1.54) is 19.4 Å². The van der Waals surface area contributed by atoms with Crippen molar-refractivity contribution in [2.45, 2.75) is 20.3 Å². The normalized spacial score (nSPS) is 10.4. The lowest BCUT2D eigenvalue weighted by molar-refractivity contribution is 0.0846. The number of amides is 3. The third-order valence-corrected chi connectivity index (χ3v) is 4.97. The van der Waals surface area contributed by atoms with E-state index in [0.29, 0.717) is 35.3 Å². The number of hydrogen-bond donors (Lipinski definition) is 3. The van der Waals surface area contributed by atoms with Gasteiger partial charge in [0.2, 0.25) is 0 Å². The minimum atomic E-state index is -0.545. The minimum absolute atomic E-state index is 0.251. The maximum Gasteiger partial charge on any atom is 0.269 e. The van der Waals surface area contributed by atoms with Crippen molar-refractivity contribution in [1.82, 2.24) is 15.8 Å². The van der Waals surface area contributed by atoms with Gasteiger partial charge in [-0.25, -0.2) is 0 Å². The summed E-state index contributed by atoms with van der Waals surface area (Å²) >= 11 is 0. The average Bonchev–Trinajstić information content (AvgIpc) is 2.87. The van der Waals surface area contributed by atoms with Gasteiger partial charge in [-0.1, -0.05) is 19.9 Å². The van der Waals surface area contributed by atoms with Crippen molar-refractivity contribution < 1.29 is 23.9 Å². The van der Waals surface area contributed by atoms with Crippen LogP contribution < -0.4 is 25.6 Å². The summed E-state index contributed by atoms with van der Waals surface area (Å²) in [5.41, 5.74) is 6.11. The second-order valence-corrected chi connectivity index (χ2v) is 8.08. The van der Waals surface area contributed by atoms with Crippen molar-refractivity contribution in [3.63, 3.8) is 0 Å². The molecule has 3 N–H and O–H groups in total. The predicted octanol–water partition coefficient (Wildman–Crippen LogP) is 3.84. The van der Waals surface area contributed by atoms with Crippen molar-refractivity contribution in [3.8, 4) is 11.5 Å². The molecule has 0 aliphatic carbocycles. The molecule has 3 aromatic rings. The maximum atomic E-state index is 12.5. The molecule has 0 bridgehead atoms. The van der Waals surface area contributed by atoms with Crippen LogP contribution in [0.2, 0.25) is 0 Å². The smallest absolute Gasteiger partial charge is 0.269 e. The van der Waals surface area contributed by atoms with Gasteiger partial charge in [0.15, 0.2) is 11.5 Å². The lowest BCUT2D eigenvalue weighted by Gasteiger charge is -2.13. The summed E-state index contributed by atoms with van der Waals surface area (Å²) in [6, 6.07) is 14.4. The third-order valence-electron chi connectivity index (χ3n) is 4.97. The summed E-state index contributed by atoms with van der Waals surface area (Å²) < 4.78 is 11.1. The second-order valence-electron chi connectivity index (χ2n) is 8.08. The van der Waals surface area contributed by atoms with Crippen molar-refractivity contribution in [2.24, 2.45) is 5.92 Å². The highest BCUT2D eigenvalue weighted by Gasteiger charge is 2.14. The topological polar surface area (TPSA) is 119 Å². The fraction of sp³-hybridized carbons (Fsp3) is 0.231. The Kier molecular flexibility index (Phi) is 8.77. The Balaban J connectivity index is 1.58. The number of rotatable bonds is 9. The van der Waals surface area contributed by atoms with Crippen LogP contribution in [0.4, 0.5) is 5.69 Å². The molecule has 3 rings (SSSR count). The lowest BCUT2D eigenvalue weighted by atomic mass is 10.1. The highest BCUT2D eigenvalue weighted by Crippen LogP contribution is 2.28. The molecular weight excluding hydrogens is 448 g/mol. The summed E-state index contributed by atoms with van der Waals surface area (Å²) in [5, 5.41) is 2.71. The zero-order valence-electron chi connectivity index (χ0n) is 19.8. The van der Waals surface area contributed by atoms with Crippen molar-refractivity contribution in [1.29, 1.82) is 0 Å². The van der Waals surface area contributed by atoms with Crippen LogP contribution in [0.25, 0.3) is 0 Å². The van der Waals surface area contributed by atoms with Crippen LogP contribution in [-0.4, -0.2) is 36.4 Å². The van der Waals surface area contributed by atoms with Gasteiger partial charge >= 0.3 is 0 Å². The molecule has 0 unspecified atom stereocenters. The van der Waals surface area contributed by atoms with Gasteiger partial charge in [0.25, 0.3) is 17.7 Å². The summed E-state index contributed by atoms with van der Waals surface area (Å²) in [6.45, 7) is 4.76. The summed E-state index contributed by atoms with van der Waals surface area (Å²) in [7, 11) is 1.49. The summed E-state index contributed by atoms with van der Waals surface area (Å²) in [4.78, 5) is 41.3. The van der Waals surface area contributed by atoms with E-state index < -0.39 is 11.8 Å². The molecule has 0 radical (unpaired) electrons. The van der Waals surface area contributed by atoms with Gasteiger partial charge in [0.1, 0.15) is 0 Å². The monoisotopic (exact) mass is 476 g/mol. The van der Waals surface area contributed by atoms with Crippen LogP contribution in [0.3, 0.4) is 0 Å². The molecule has 3 amide bonds. The molecule has 9 nitrogen and oxygen atoms in total. The molecule has 182 valence electrons. The van der Waals surface area contributed by atoms with E-state index in [4.69, 9.17) is 9.47 Å². The molecule has 1 aromatic heterocycles. The quantitative estimate of drug-likeness (QED) is 0.404. The number of carbonyl (C=O) groups is 3. The van der Waals surface area contributed by atoms with Gasteiger partial charge in [0, 0.05) is 29.2 Å². The number of nitrogens with one attached hydrogen (secondary N) is 3. The largest absolute Gasteiger partial charge is 0.493 e. The van der Waals surface area contributed by atoms with Crippen LogP contribution in [0.1, 0.15) is 51.3 Å². The molecule has 0 spiro atoms. The number of benzene rings is 2. The Hall–Kier alpha value is -4.40. The summed E-state index contributed by atoms with van der Waals surface area (Å²) in [5.74, 6) is 0.0499. The Morgan fingerprint density at radius 3 is 2.23 bits per heavy atom. The van der Waals surface area contributed by atoms with E-state index in [0.717, 1.165) is 6.42 Å². The van der Waals surface area contributed by atoms with Crippen LogP contribution in [0.5, 0.6) is 11.5 Å². The number of carbonyl (C=O) groups excluding carboxylic acids is 3. The summed E-state index contributed by atoms with van der Waals surface area (Å²) in [6.07, 6.45) is 3.91. The van der Waals surface area contributed by atoms with Gasteiger partial charge in [-0.3, -0.25) is 30.2 Å². The molecule has 0 aliphatic rings. The van der Waals surface area contributed by atoms with E-state index in [-0.39, 0.29) is 17.0 Å². The number of aromatic nitrogens is 1. The number of methoxy groups -OCH3 is 1. The Morgan fingerprint density at radius 1 is 0.857 bits per heavy atom. The molecule has 0 atom stereocenters. The fourth-order valence-electron chi connectivity index (χ4n) is 3.03. The molecule has 2 aromatic carbocycles. The molecule has 35 heavy (non-hydrogen) atoms. The third kappa shape index (κ3) is 7.29. The Morgan fingerprint density at radius 2 is 1.57 bits per heavy atom. The van der Waals surface area contributed by atoms with E-state index >= 15 is 0 Å². The number of hydrazine groups is 1. The first-order chi connectivity index (χ1) is 16.9. The number of hydrogen-bond acceptors (Lipinski definition) is 6. The lowest BCUT2D eigenvalue weighted by Crippen LogP contribution is -2.41. The van der Waals surface area contributed by atoms with Gasteiger partial charge in [-0.15, -0.1) is 0 Å². The molecule has 0 fully saturated rings. The van der Waals surface area contributed by atoms with E-state index in [1.54, 1.807) is 54.7 Å². The van der Waals surface area contributed by atoms with Crippen LogP contribution in [0.15, 0.2) is 67.0 Å². The Labute approximate surface area is 203 Å². The zero-order chi connectivity index (χ0) is 25.2. The first-order valence-electron chi connectivity index (χ1n) is 11.1. The maximum absolute atomic E-state index is 12.5. The SMILES string of the molecule is COc1cc(C(=O)NNC(=O)c2cccc(NC(=O)c3cccnc3)c2)ccc1OCCC(C)C. The fourth-order valence-corrected chi connectivity index (χ4v) is 3.03. The molecular formula is C26H28N4O5. The van der Waals surface area contributed by atoms with Gasteiger partial charge < -0.3 is 14.8 Å². The first kappa shape index (κ1) is 25.2. The standard InChI is InChI=1S/C26H28N4O5/c1-17(2)11-13-35-22-10-9-19(15-23(22)34-3)26(33)30-29-25(32)18-6-4-8-21(14-18)28-24(31)20-7-5-12-27-16-20/h4-10,12,14-17H,11,13H2,1-3H3,(H,28,31)(H,29,32)(H,30,33). The van der Waals surface area contributed by atoms with Crippen molar-refractivity contribution in [2.75, 3.05) is 19.0 Å². The minimum Gasteiger partial charge on any atom is -0.493 e. The number of nitrogens with zero attached hydrogens (tertiary/aromatic N) is 1. The molecule has 0 saturated heterocycles. The molecule has 9 heteroatoms. The van der Waals surface area contributed by atoms with Gasteiger partial charge in [-0.2, -0.15) is 0 Å². The van der Waals surface area contributed by atoms with Crippen LogP contribution in [0, 0.1) is 5.92 Å². The second kappa shape index (κ2) is 12.2. The number of anilines is 1. The van der Waals surface area contributed by atoms with Crippen LogP contribution in [-0.2, 0) is 0 Å². The van der Waals surface area contributed by atoms with Gasteiger partial charge in [0.05, 0.1) is 19.3 Å². The Bertz CT molecular complexity index is 1180.